The minimum absolute atomic E-state index is 0.185. The molecule has 1 unspecified atom stereocenters. The third-order valence-electron chi connectivity index (χ3n) is 5.85. The fraction of sp³-hybridized carbons (Fsp3) is 0.375. The van der Waals surface area contributed by atoms with Gasteiger partial charge in [-0.3, -0.25) is 19.5 Å². The molecule has 0 spiro atoms. The number of hydrogen-bond donors (Lipinski definition) is 2. The Kier molecular flexibility index (Phi) is 6.50. The highest BCUT2D eigenvalue weighted by atomic mass is 16.2. The number of aliphatic imine (C=N–C) groups is 1. The molecule has 2 aliphatic rings. The second-order valence-corrected chi connectivity index (χ2v) is 7.93. The second-order valence-electron chi connectivity index (χ2n) is 7.93. The summed E-state index contributed by atoms with van der Waals surface area (Å²) in [5, 5.41) is 6.85. The third kappa shape index (κ3) is 4.71. The molecule has 7 heteroatoms. The number of unbranched alkanes of at least 4 members (excludes halogenated alkanes) is 1. The van der Waals surface area contributed by atoms with Crippen LogP contribution in [0.5, 0.6) is 0 Å². The van der Waals surface area contributed by atoms with Crippen molar-refractivity contribution < 1.29 is 9.59 Å². The van der Waals surface area contributed by atoms with E-state index in [1.807, 2.05) is 6.07 Å². The molecule has 2 N–H and O–H groups in total. The number of benzene rings is 2. The Bertz CT molecular complexity index is 924. The fourth-order valence-corrected chi connectivity index (χ4v) is 4.18. The summed E-state index contributed by atoms with van der Waals surface area (Å²) in [6, 6.07) is 17.8. The van der Waals surface area contributed by atoms with Gasteiger partial charge in [0.1, 0.15) is 0 Å². The Hall–Kier alpha value is -3.35. The minimum atomic E-state index is -0.185. The Labute approximate surface area is 183 Å². The summed E-state index contributed by atoms with van der Waals surface area (Å²) in [4.78, 5) is 32.9. The number of nitrogens with zero attached hydrogens (tertiary/aromatic N) is 3. The maximum atomic E-state index is 12.4. The van der Waals surface area contributed by atoms with Crippen LogP contribution in [0.1, 0.15) is 40.0 Å². The lowest BCUT2D eigenvalue weighted by Gasteiger charge is -2.20. The van der Waals surface area contributed by atoms with Gasteiger partial charge in [0, 0.05) is 45.0 Å². The summed E-state index contributed by atoms with van der Waals surface area (Å²) in [6.07, 6.45) is 2.66. The number of hydrogen-bond acceptors (Lipinski definition) is 4. The van der Waals surface area contributed by atoms with Gasteiger partial charge >= 0.3 is 0 Å². The molecule has 2 heterocycles. The standard InChI is InChI=1S/C24H29N5O2/c1-25-24(27-18-13-16-28(17-18)19-9-3-2-4-10-19)26-14-7-8-15-29-22(30)20-11-5-6-12-21(20)23(29)31/h2-6,9-12,18H,7-8,13-17H2,1H3,(H2,25,26,27). The second kappa shape index (κ2) is 9.64. The summed E-state index contributed by atoms with van der Waals surface area (Å²) < 4.78 is 0. The average Bonchev–Trinajstić information content (AvgIpc) is 3.37. The van der Waals surface area contributed by atoms with Crippen molar-refractivity contribution in [2.75, 3.05) is 38.1 Å². The van der Waals surface area contributed by atoms with Crippen molar-refractivity contribution in [3.05, 3.63) is 65.7 Å². The normalized spacial score (nSPS) is 18.5. The molecule has 2 aromatic rings. The topological polar surface area (TPSA) is 77.0 Å². The van der Waals surface area contributed by atoms with Crippen LogP contribution in [-0.4, -0.2) is 61.9 Å². The number of imide groups is 1. The predicted molar refractivity (Wildman–Crippen MR) is 123 cm³/mol. The number of guanidine groups is 1. The molecule has 0 aliphatic carbocycles. The van der Waals surface area contributed by atoms with E-state index < -0.39 is 0 Å². The van der Waals surface area contributed by atoms with Crippen molar-refractivity contribution in [1.82, 2.24) is 15.5 Å². The first-order valence-electron chi connectivity index (χ1n) is 10.9. The Morgan fingerprint density at radius 1 is 1.00 bits per heavy atom. The molecule has 2 aromatic carbocycles. The monoisotopic (exact) mass is 419 g/mol. The lowest BCUT2D eigenvalue weighted by atomic mass is 10.1. The minimum Gasteiger partial charge on any atom is -0.369 e. The number of fused-ring (bicyclic) bond motifs is 1. The van der Waals surface area contributed by atoms with E-state index in [9.17, 15) is 9.59 Å². The first-order valence-corrected chi connectivity index (χ1v) is 10.9. The first-order chi connectivity index (χ1) is 15.2. The molecule has 7 nitrogen and oxygen atoms in total. The van der Waals surface area contributed by atoms with Crippen LogP contribution in [0, 0.1) is 0 Å². The first kappa shape index (κ1) is 20.9. The largest absolute Gasteiger partial charge is 0.369 e. The highest BCUT2D eigenvalue weighted by Crippen LogP contribution is 2.22. The Morgan fingerprint density at radius 2 is 1.68 bits per heavy atom. The number of carbonyl (C=O) groups excluding carboxylic acids is 2. The molecule has 162 valence electrons. The molecule has 1 fully saturated rings. The zero-order chi connectivity index (χ0) is 21.6. The van der Waals surface area contributed by atoms with Crippen LogP contribution in [0.15, 0.2) is 59.6 Å². The van der Waals surface area contributed by atoms with Crippen molar-refractivity contribution in [3.63, 3.8) is 0 Å². The van der Waals surface area contributed by atoms with E-state index in [-0.39, 0.29) is 11.8 Å². The summed E-state index contributed by atoms with van der Waals surface area (Å²) in [7, 11) is 1.78. The van der Waals surface area contributed by atoms with Gasteiger partial charge in [-0.25, -0.2) is 0 Å². The number of carbonyl (C=O) groups is 2. The van der Waals surface area contributed by atoms with Gasteiger partial charge in [0.15, 0.2) is 5.96 Å². The van der Waals surface area contributed by atoms with Crippen molar-refractivity contribution in [2.24, 2.45) is 4.99 Å². The van der Waals surface area contributed by atoms with E-state index in [0.717, 1.165) is 44.9 Å². The number of rotatable bonds is 7. The van der Waals surface area contributed by atoms with Gasteiger partial charge in [-0.1, -0.05) is 30.3 Å². The van der Waals surface area contributed by atoms with E-state index >= 15 is 0 Å². The van der Waals surface area contributed by atoms with E-state index in [4.69, 9.17) is 0 Å². The van der Waals surface area contributed by atoms with Gasteiger partial charge in [-0.2, -0.15) is 0 Å². The quantitative estimate of drug-likeness (QED) is 0.312. The van der Waals surface area contributed by atoms with E-state index in [1.54, 1.807) is 31.3 Å². The average molecular weight is 420 g/mol. The summed E-state index contributed by atoms with van der Waals surface area (Å²) in [6.45, 7) is 3.15. The van der Waals surface area contributed by atoms with E-state index in [0.29, 0.717) is 23.7 Å². The summed E-state index contributed by atoms with van der Waals surface area (Å²) >= 11 is 0. The van der Waals surface area contributed by atoms with E-state index in [2.05, 4.69) is 44.8 Å². The Balaban J connectivity index is 1.17. The molecule has 4 rings (SSSR count). The lowest BCUT2D eigenvalue weighted by Crippen LogP contribution is -2.45. The van der Waals surface area contributed by atoms with Crippen LogP contribution in [0.25, 0.3) is 0 Å². The molecule has 2 amide bonds. The molecular weight excluding hydrogens is 390 g/mol. The zero-order valence-corrected chi connectivity index (χ0v) is 17.9. The molecule has 1 atom stereocenters. The number of nitrogens with one attached hydrogen (secondary N) is 2. The van der Waals surface area contributed by atoms with Crippen molar-refractivity contribution in [2.45, 2.75) is 25.3 Å². The van der Waals surface area contributed by atoms with Crippen LogP contribution in [0.2, 0.25) is 0 Å². The van der Waals surface area contributed by atoms with Gasteiger partial charge < -0.3 is 15.5 Å². The summed E-state index contributed by atoms with van der Waals surface area (Å²) in [5.41, 5.74) is 2.27. The molecule has 2 aliphatic heterocycles. The highest BCUT2D eigenvalue weighted by Gasteiger charge is 2.34. The molecular formula is C24H29N5O2. The third-order valence-corrected chi connectivity index (χ3v) is 5.85. The maximum absolute atomic E-state index is 12.4. The van der Waals surface area contributed by atoms with Crippen LogP contribution in [-0.2, 0) is 0 Å². The van der Waals surface area contributed by atoms with E-state index in [1.165, 1.54) is 10.6 Å². The van der Waals surface area contributed by atoms with Crippen LogP contribution < -0.4 is 15.5 Å². The number of para-hydroxylation sites is 1. The van der Waals surface area contributed by atoms with Crippen LogP contribution in [0.3, 0.4) is 0 Å². The molecule has 1 saturated heterocycles. The van der Waals surface area contributed by atoms with Crippen molar-refractivity contribution >= 4 is 23.5 Å². The maximum Gasteiger partial charge on any atom is 0.261 e. The highest BCUT2D eigenvalue weighted by molar-refractivity contribution is 6.21. The molecule has 0 saturated carbocycles. The van der Waals surface area contributed by atoms with Gasteiger partial charge in [-0.05, 0) is 43.5 Å². The number of amides is 2. The van der Waals surface area contributed by atoms with Crippen molar-refractivity contribution in [3.8, 4) is 0 Å². The molecule has 0 radical (unpaired) electrons. The number of anilines is 1. The van der Waals surface area contributed by atoms with Gasteiger partial charge in [0.2, 0.25) is 0 Å². The van der Waals surface area contributed by atoms with Crippen LogP contribution in [0.4, 0.5) is 5.69 Å². The fourth-order valence-electron chi connectivity index (χ4n) is 4.18. The SMILES string of the molecule is CN=C(NCCCCN1C(=O)c2ccccc2C1=O)NC1CCN(c2ccccc2)C1. The van der Waals surface area contributed by atoms with Crippen molar-refractivity contribution in [1.29, 1.82) is 0 Å². The van der Waals surface area contributed by atoms with Crippen LogP contribution >= 0.6 is 0 Å². The van der Waals surface area contributed by atoms with Gasteiger partial charge in [-0.15, -0.1) is 0 Å². The zero-order valence-electron chi connectivity index (χ0n) is 17.9. The van der Waals surface area contributed by atoms with Gasteiger partial charge in [0.05, 0.1) is 11.1 Å². The Morgan fingerprint density at radius 3 is 2.35 bits per heavy atom. The molecule has 31 heavy (non-hydrogen) atoms. The molecule has 0 bridgehead atoms. The predicted octanol–water partition coefficient (Wildman–Crippen LogP) is 2.51. The smallest absolute Gasteiger partial charge is 0.261 e. The molecule has 0 aromatic heterocycles. The summed E-state index contributed by atoms with van der Waals surface area (Å²) in [5.74, 6) is 0.422. The lowest BCUT2D eigenvalue weighted by molar-refractivity contribution is 0.0652. The van der Waals surface area contributed by atoms with Gasteiger partial charge in [0.25, 0.3) is 11.8 Å².